The van der Waals surface area contributed by atoms with Crippen molar-refractivity contribution in [3.05, 3.63) is 17.5 Å². The van der Waals surface area contributed by atoms with Gasteiger partial charge in [0, 0.05) is 24.8 Å². The molecule has 6 nitrogen and oxygen atoms in total. The molecule has 2 heterocycles. The molecule has 1 saturated heterocycles. The Kier molecular flexibility index (Phi) is 4.45. The second kappa shape index (κ2) is 5.93. The van der Waals surface area contributed by atoms with Gasteiger partial charge in [0.1, 0.15) is 5.69 Å². The number of ether oxygens (including phenoxy) is 1. The average molecular weight is 281 g/mol. The van der Waals surface area contributed by atoms with Gasteiger partial charge in [0.25, 0.3) is 0 Å². The van der Waals surface area contributed by atoms with Crippen LogP contribution in [-0.4, -0.2) is 51.0 Å². The highest BCUT2D eigenvalue weighted by molar-refractivity contribution is 5.86. The Bertz CT molecular complexity index is 470. The van der Waals surface area contributed by atoms with Gasteiger partial charge in [0.2, 0.25) is 0 Å². The fourth-order valence-electron chi connectivity index (χ4n) is 2.85. The van der Waals surface area contributed by atoms with Gasteiger partial charge >= 0.3 is 5.97 Å². The van der Waals surface area contributed by atoms with Crippen LogP contribution in [0.15, 0.2) is 6.20 Å². The maximum absolute atomic E-state index is 11.1. The Morgan fingerprint density at radius 1 is 1.65 bits per heavy atom. The molecule has 0 amide bonds. The third-order valence-corrected chi connectivity index (χ3v) is 3.90. The smallest absolute Gasteiger partial charge is 0.354 e. The molecule has 1 atom stereocenters. The molecule has 1 aliphatic rings. The zero-order chi connectivity index (χ0) is 14.8. The molecular formula is C14H23N3O3. The van der Waals surface area contributed by atoms with Crippen LogP contribution in [0.3, 0.4) is 0 Å². The largest absolute Gasteiger partial charge is 0.477 e. The molecule has 2 N–H and O–H groups in total. The first-order chi connectivity index (χ1) is 9.43. The molecule has 0 aromatic carbocycles. The number of carboxylic acids is 1. The lowest BCUT2D eigenvalue weighted by Gasteiger charge is -2.41. The van der Waals surface area contributed by atoms with Crippen LogP contribution in [0.25, 0.3) is 0 Å². The number of nitrogens with zero attached hydrogens (tertiary/aromatic N) is 2. The first kappa shape index (κ1) is 15.0. The summed E-state index contributed by atoms with van der Waals surface area (Å²) in [5, 5.41) is 15.5. The third kappa shape index (κ3) is 3.37. The number of rotatable bonds is 5. The van der Waals surface area contributed by atoms with Crippen LogP contribution in [-0.2, 0) is 11.3 Å². The maximum Gasteiger partial charge on any atom is 0.354 e. The summed E-state index contributed by atoms with van der Waals surface area (Å²) in [5.74, 6) is -0.958. The molecule has 1 fully saturated rings. The van der Waals surface area contributed by atoms with E-state index in [1.165, 1.54) is 0 Å². The van der Waals surface area contributed by atoms with Crippen LogP contribution in [0.4, 0.5) is 0 Å². The highest BCUT2D eigenvalue weighted by Crippen LogP contribution is 2.28. The number of carbonyl (C=O) groups is 1. The van der Waals surface area contributed by atoms with E-state index < -0.39 is 5.97 Å². The van der Waals surface area contributed by atoms with E-state index in [0.717, 1.165) is 31.6 Å². The normalized spacial score (nSPS) is 22.1. The molecule has 1 aromatic rings. The summed E-state index contributed by atoms with van der Waals surface area (Å²) < 4.78 is 5.75. The van der Waals surface area contributed by atoms with Gasteiger partial charge in [-0.2, -0.15) is 5.10 Å². The van der Waals surface area contributed by atoms with Gasteiger partial charge in [0.15, 0.2) is 0 Å². The summed E-state index contributed by atoms with van der Waals surface area (Å²) in [7, 11) is 0. The van der Waals surface area contributed by atoms with Crippen molar-refractivity contribution in [2.24, 2.45) is 0 Å². The van der Waals surface area contributed by atoms with Crippen LogP contribution < -0.4 is 0 Å². The molecule has 0 radical (unpaired) electrons. The van der Waals surface area contributed by atoms with E-state index in [1.807, 2.05) is 0 Å². The van der Waals surface area contributed by atoms with E-state index >= 15 is 0 Å². The van der Waals surface area contributed by atoms with Crippen molar-refractivity contribution in [3.8, 4) is 0 Å². The Hall–Kier alpha value is -1.40. The molecule has 1 aliphatic heterocycles. The van der Waals surface area contributed by atoms with E-state index in [4.69, 9.17) is 9.84 Å². The van der Waals surface area contributed by atoms with Crippen LogP contribution in [0.5, 0.6) is 0 Å². The highest BCUT2D eigenvalue weighted by Gasteiger charge is 2.32. The van der Waals surface area contributed by atoms with Crippen molar-refractivity contribution >= 4 is 5.97 Å². The number of hydrogen-bond acceptors (Lipinski definition) is 4. The minimum Gasteiger partial charge on any atom is -0.477 e. The number of nitrogens with one attached hydrogen (secondary N) is 1. The Morgan fingerprint density at radius 3 is 3.00 bits per heavy atom. The zero-order valence-corrected chi connectivity index (χ0v) is 12.3. The molecule has 0 aliphatic carbocycles. The predicted octanol–water partition coefficient (Wildman–Crippen LogP) is 1.89. The fraction of sp³-hybridized carbons (Fsp3) is 0.714. The number of carboxylic acid groups (broad SMARTS) is 1. The Morgan fingerprint density at radius 2 is 2.40 bits per heavy atom. The van der Waals surface area contributed by atoms with Gasteiger partial charge in [-0.1, -0.05) is 6.92 Å². The van der Waals surface area contributed by atoms with Gasteiger partial charge in [-0.05, 0) is 33.2 Å². The monoisotopic (exact) mass is 281 g/mol. The van der Waals surface area contributed by atoms with Gasteiger partial charge < -0.3 is 9.84 Å². The van der Waals surface area contributed by atoms with E-state index in [9.17, 15) is 4.79 Å². The molecule has 6 heteroatoms. The van der Waals surface area contributed by atoms with Crippen molar-refractivity contribution in [1.29, 1.82) is 0 Å². The standard InChI is InChI=1S/C14H23N3O3/c1-4-17(11-5-6-20-14(2,3)7-11)9-10-8-15-16-12(10)13(18)19/h8,11H,4-7,9H2,1-3H3,(H,15,16)(H,18,19). The summed E-state index contributed by atoms with van der Waals surface area (Å²) in [5.41, 5.74) is 0.820. The number of H-pyrrole nitrogens is 1. The van der Waals surface area contributed by atoms with Crippen molar-refractivity contribution in [2.45, 2.75) is 51.8 Å². The van der Waals surface area contributed by atoms with Crippen molar-refractivity contribution in [3.63, 3.8) is 0 Å². The first-order valence-electron chi connectivity index (χ1n) is 7.06. The van der Waals surface area contributed by atoms with Crippen LogP contribution in [0, 0.1) is 0 Å². The summed E-state index contributed by atoms with van der Waals surface area (Å²) in [6, 6.07) is 0.417. The first-order valence-corrected chi connectivity index (χ1v) is 7.06. The van der Waals surface area contributed by atoms with Gasteiger partial charge in [-0.3, -0.25) is 10.00 Å². The lowest BCUT2D eigenvalue weighted by Crippen LogP contribution is -2.45. The topological polar surface area (TPSA) is 78.5 Å². The minimum absolute atomic E-state index is 0.109. The van der Waals surface area contributed by atoms with Crippen molar-refractivity contribution < 1.29 is 14.6 Å². The van der Waals surface area contributed by atoms with E-state index in [0.29, 0.717) is 12.6 Å². The lowest BCUT2D eigenvalue weighted by atomic mass is 9.92. The van der Waals surface area contributed by atoms with Crippen molar-refractivity contribution in [2.75, 3.05) is 13.2 Å². The highest BCUT2D eigenvalue weighted by atomic mass is 16.5. The van der Waals surface area contributed by atoms with Crippen molar-refractivity contribution in [1.82, 2.24) is 15.1 Å². The summed E-state index contributed by atoms with van der Waals surface area (Å²) >= 11 is 0. The van der Waals surface area contributed by atoms with Gasteiger partial charge in [0.05, 0.1) is 11.8 Å². The molecule has 0 saturated carbocycles. The molecular weight excluding hydrogens is 258 g/mol. The number of aromatic amines is 1. The third-order valence-electron chi connectivity index (χ3n) is 3.90. The molecule has 112 valence electrons. The Labute approximate surface area is 119 Å². The molecule has 0 spiro atoms. The van der Waals surface area contributed by atoms with Crippen LogP contribution >= 0.6 is 0 Å². The van der Waals surface area contributed by atoms with Crippen LogP contribution in [0.2, 0.25) is 0 Å². The Balaban J connectivity index is 2.09. The number of aromatic carboxylic acids is 1. The quantitative estimate of drug-likeness (QED) is 0.861. The predicted molar refractivity (Wildman–Crippen MR) is 74.7 cm³/mol. The maximum atomic E-state index is 11.1. The van der Waals surface area contributed by atoms with Crippen LogP contribution in [0.1, 0.15) is 49.7 Å². The molecule has 20 heavy (non-hydrogen) atoms. The van der Waals surface area contributed by atoms with E-state index in [-0.39, 0.29) is 11.3 Å². The summed E-state index contributed by atoms with van der Waals surface area (Å²) in [6.07, 6.45) is 3.55. The number of aromatic nitrogens is 2. The number of hydrogen-bond donors (Lipinski definition) is 2. The second-order valence-corrected chi connectivity index (χ2v) is 5.89. The summed E-state index contributed by atoms with van der Waals surface area (Å²) in [6.45, 7) is 8.55. The van der Waals surface area contributed by atoms with Gasteiger partial charge in [-0.25, -0.2) is 4.79 Å². The zero-order valence-electron chi connectivity index (χ0n) is 12.3. The van der Waals surface area contributed by atoms with E-state index in [2.05, 4.69) is 35.9 Å². The molecule has 2 rings (SSSR count). The minimum atomic E-state index is -0.958. The average Bonchev–Trinajstić information content (AvgIpc) is 2.82. The molecule has 1 unspecified atom stereocenters. The lowest BCUT2D eigenvalue weighted by molar-refractivity contribution is -0.0839. The second-order valence-electron chi connectivity index (χ2n) is 5.89. The fourth-order valence-corrected chi connectivity index (χ4v) is 2.85. The molecule has 0 bridgehead atoms. The summed E-state index contributed by atoms with van der Waals surface area (Å²) in [4.78, 5) is 13.4. The van der Waals surface area contributed by atoms with E-state index in [1.54, 1.807) is 6.20 Å². The SMILES string of the molecule is CCN(Cc1cn[nH]c1C(=O)O)C1CCOC(C)(C)C1. The molecule has 1 aromatic heterocycles. The van der Waals surface area contributed by atoms with Gasteiger partial charge in [-0.15, -0.1) is 0 Å².